The highest BCUT2D eigenvalue weighted by Crippen LogP contribution is 1.96. The molecule has 0 radical (unpaired) electrons. The zero-order valence-electron chi connectivity index (χ0n) is 9.75. The van der Waals surface area contributed by atoms with Gasteiger partial charge < -0.3 is 15.2 Å². The van der Waals surface area contributed by atoms with E-state index in [4.69, 9.17) is 9.84 Å². The first-order chi connectivity index (χ1) is 6.70. The first-order valence-electron chi connectivity index (χ1n) is 5.65. The van der Waals surface area contributed by atoms with Gasteiger partial charge in [-0.25, -0.2) is 0 Å². The third-order valence-electron chi connectivity index (χ3n) is 2.04. The van der Waals surface area contributed by atoms with Gasteiger partial charge in [0.15, 0.2) is 0 Å². The van der Waals surface area contributed by atoms with Crippen molar-refractivity contribution < 1.29 is 9.84 Å². The molecule has 14 heavy (non-hydrogen) atoms. The minimum Gasteiger partial charge on any atom is -0.395 e. The van der Waals surface area contributed by atoms with E-state index in [2.05, 4.69) is 26.1 Å². The molecule has 0 saturated heterocycles. The number of aliphatic hydroxyl groups excluding tert-OH is 1. The van der Waals surface area contributed by atoms with Crippen LogP contribution in [-0.4, -0.2) is 37.0 Å². The Labute approximate surface area is 87.8 Å². The summed E-state index contributed by atoms with van der Waals surface area (Å²) in [5, 5.41) is 12.3. The van der Waals surface area contributed by atoms with E-state index >= 15 is 0 Å². The van der Waals surface area contributed by atoms with Gasteiger partial charge in [0.1, 0.15) is 0 Å². The first-order valence-corrected chi connectivity index (χ1v) is 5.65. The SMILES string of the molecule is CCCCOCCC(CO)NC(C)C. The minimum absolute atomic E-state index is 0.177. The normalized spacial score (nSPS) is 13.5. The molecule has 0 fully saturated rings. The van der Waals surface area contributed by atoms with Gasteiger partial charge in [0.05, 0.1) is 6.61 Å². The summed E-state index contributed by atoms with van der Waals surface area (Å²) in [6.07, 6.45) is 3.19. The molecule has 0 aromatic heterocycles. The molecule has 0 aliphatic rings. The van der Waals surface area contributed by atoms with E-state index in [1.54, 1.807) is 0 Å². The summed E-state index contributed by atoms with van der Waals surface area (Å²) in [5.41, 5.74) is 0. The summed E-state index contributed by atoms with van der Waals surface area (Å²) in [4.78, 5) is 0. The van der Waals surface area contributed by atoms with Crippen LogP contribution in [0.1, 0.15) is 40.0 Å². The van der Waals surface area contributed by atoms with Crippen molar-refractivity contribution in [1.29, 1.82) is 0 Å². The molecule has 0 rings (SSSR count). The quantitative estimate of drug-likeness (QED) is 0.559. The van der Waals surface area contributed by atoms with Crippen LogP contribution >= 0.6 is 0 Å². The summed E-state index contributed by atoms with van der Waals surface area (Å²) in [5.74, 6) is 0. The Morgan fingerprint density at radius 3 is 2.50 bits per heavy atom. The third-order valence-corrected chi connectivity index (χ3v) is 2.04. The molecule has 0 heterocycles. The summed E-state index contributed by atoms with van der Waals surface area (Å²) in [7, 11) is 0. The maximum absolute atomic E-state index is 9.06. The Kier molecular flexibility index (Phi) is 9.35. The van der Waals surface area contributed by atoms with Crippen molar-refractivity contribution in [1.82, 2.24) is 5.32 Å². The molecular weight excluding hydrogens is 178 g/mol. The van der Waals surface area contributed by atoms with Gasteiger partial charge in [-0.1, -0.05) is 27.2 Å². The molecule has 0 aliphatic heterocycles. The van der Waals surface area contributed by atoms with Crippen LogP contribution in [0.5, 0.6) is 0 Å². The standard InChI is InChI=1S/C11H25NO2/c1-4-5-7-14-8-6-11(9-13)12-10(2)3/h10-13H,4-9H2,1-3H3. The van der Waals surface area contributed by atoms with Crippen LogP contribution in [0, 0.1) is 0 Å². The smallest absolute Gasteiger partial charge is 0.0585 e. The molecule has 0 aliphatic carbocycles. The first kappa shape index (κ1) is 13.9. The van der Waals surface area contributed by atoms with Crippen LogP contribution in [0.2, 0.25) is 0 Å². The van der Waals surface area contributed by atoms with E-state index in [0.717, 1.165) is 26.1 Å². The van der Waals surface area contributed by atoms with Gasteiger partial charge >= 0.3 is 0 Å². The average Bonchev–Trinajstić information content (AvgIpc) is 2.15. The Hall–Kier alpha value is -0.120. The molecule has 0 amide bonds. The van der Waals surface area contributed by atoms with Gasteiger partial charge in [0, 0.05) is 25.3 Å². The molecule has 2 N–H and O–H groups in total. The fourth-order valence-corrected chi connectivity index (χ4v) is 1.27. The van der Waals surface area contributed by atoms with Crippen molar-refractivity contribution in [3.05, 3.63) is 0 Å². The topological polar surface area (TPSA) is 41.5 Å². The minimum atomic E-state index is 0.177. The van der Waals surface area contributed by atoms with Crippen molar-refractivity contribution in [3.8, 4) is 0 Å². The second kappa shape index (κ2) is 9.44. The fourth-order valence-electron chi connectivity index (χ4n) is 1.27. The summed E-state index contributed by atoms with van der Waals surface area (Å²) in [6, 6.07) is 0.597. The van der Waals surface area contributed by atoms with Gasteiger partial charge in [-0.2, -0.15) is 0 Å². The number of unbranched alkanes of at least 4 members (excludes halogenated alkanes) is 1. The highest BCUT2D eigenvalue weighted by Gasteiger charge is 2.07. The maximum atomic E-state index is 9.06. The van der Waals surface area contributed by atoms with Crippen LogP contribution in [0.15, 0.2) is 0 Å². The van der Waals surface area contributed by atoms with Crippen LogP contribution in [0.25, 0.3) is 0 Å². The molecular formula is C11H25NO2. The lowest BCUT2D eigenvalue weighted by molar-refractivity contribution is 0.110. The molecule has 0 spiro atoms. The second-order valence-corrected chi connectivity index (χ2v) is 3.96. The Bertz CT molecular complexity index is 118. The predicted octanol–water partition coefficient (Wildman–Crippen LogP) is 1.55. The number of nitrogens with one attached hydrogen (secondary N) is 1. The highest BCUT2D eigenvalue weighted by molar-refractivity contribution is 4.67. The summed E-state index contributed by atoms with van der Waals surface area (Å²) < 4.78 is 5.44. The summed E-state index contributed by atoms with van der Waals surface area (Å²) >= 11 is 0. The zero-order chi connectivity index (χ0) is 10.8. The van der Waals surface area contributed by atoms with Crippen molar-refractivity contribution in [2.45, 2.75) is 52.1 Å². The van der Waals surface area contributed by atoms with Gasteiger partial charge in [-0.3, -0.25) is 0 Å². The third kappa shape index (κ3) is 8.48. The van der Waals surface area contributed by atoms with E-state index in [-0.39, 0.29) is 12.6 Å². The Morgan fingerprint density at radius 1 is 1.29 bits per heavy atom. The van der Waals surface area contributed by atoms with E-state index in [1.807, 2.05) is 0 Å². The van der Waals surface area contributed by atoms with E-state index in [1.165, 1.54) is 6.42 Å². The lowest BCUT2D eigenvalue weighted by Crippen LogP contribution is -2.38. The predicted molar refractivity (Wildman–Crippen MR) is 59.5 cm³/mol. The average molecular weight is 203 g/mol. The maximum Gasteiger partial charge on any atom is 0.0585 e. The molecule has 1 atom stereocenters. The van der Waals surface area contributed by atoms with Crippen molar-refractivity contribution >= 4 is 0 Å². The van der Waals surface area contributed by atoms with Gasteiger partial charge in [-0.15, -0.1) is 0 Å². The van der Waals surface area contributed by atoms with E-state index in [0.29, 0.717) is 6.04 Å². The highest BCUT2D eigenvalue weighted by atomic mass is 16.5. The lowest BCUT2D eigenvalue weighted by Gasteiger charge is -2.18. The summed E-state index contributed by atoms with van der Waals surface area (Å²) in [6.45, 7) is 8.10. The molecule has 0 aromatic carbocycles. The number of aliphatic hydroxyl groups is 1. The van der Waals surface area contributed by atoms with Crippen LogP contribution in [0.4, 0.5) is 0 Å². The molecule has 0 bridgehead atoms. The van der Waals surface area contributed by atoms with Gasteiger partial charge in [-0.05, 0) is 12.8 Å². The second-order valence-electron chi connectivity index (χ2n) is 3.96. The van der Waals surface area contributed by atoms with Crippen molar-refractivity contribution in [3.63, 3.8) is 0 Å². The van der Waals surface area contributed by atoms with Crippen LogP contribution in [0.3, 0.4) is 0 Å². The molecule has 3 heteroatoms. The van der Waals surface area contributed by atoms with Gasteiger partial charge in [0.25, 0.3) is 0 Å². The Balaban J connectivity index is 3.33. The number of hydrogen-bond donors (Lipinski definition) is 2. The van der Waals surface area contributed by atoms with Crippen LogP contribution < -0.4 is 5.32 Å². The zero-order valence-corrected chi connectivity index (χ0v) is 9.75. The van der Waals surface area contributed by atoms with Gasteiger partial charge in [0.2, 0.25) is 0 Å². The molecule has 0 saturated carbocycles. The monoisotopic (exact) mass is 203 g/mol. The number of rotatable bonds is 9. The van der Waals surface area contributed by atoms with E-state index in [9.17, 15) is 0 Å². The molecule has 86 valence electrons. The van der Waals surface area contributed by atoms with Crippen molar-refractivity contribution in [2.24, 2.45) is 0 Å². The number of ether oxygens (including phenoxy) is 1. The lowest BCUT2D eigenvalue weighted by atomic mass is 10.2. The molecule has 1 unspecified atom stereocenters. The van der Waals surface area contributed by atoms with Crippen molar-refractivity contribution in [2.75, 3.05) is 19.8 Å². The molecule has 3 nitrogen and oxygen atoms in total. The Morgan fingerprint density at radius 2 is 2.00 bits per heavy atom. The molecule has 0 aromatic rings. The van der Waals surface area contributed by atoms with Crippen LogP contribution in [-0.2, 0) is 4.74 Å². The fraction of sp³-hybridized carbons (Fsp3) is 1.00. The largest absolute Gasteiger partial charge is 0.395 e. The number of hydrogen-bond acceptors (Lipinski definition) is 3. The van der Waals surface area contributed by atoms with E-state index < -0.39 is 0 Å².